The summed E-state index contributed by atoms with van der Waals surface area (Å²) in [5.74, 6) is -0.669. The maximum absolute atomic E-state index is 12.6. The molecule has 4 rings (SSSR count). The predicted octanol–water partition coefficient (Wildman–Crippen LogP) is 3.16. The molecular weight excluding hydrogens is 332 g/mol. The summed E-state index contributed by atoms with van der Waals surface area (Å²) < 4.78 is 0.894. The second-order valence-electron chi connectivity index (χ2n) is 5.23. The van der Waals surface area contributed by atoms with Gasteiger partial charge in [-0.3, -0.25) is 9.59 Å². The molecular formula is C16H11BrN2O2. The van der Waals surface area contributed by atoms with E-state index in [2.05, 4.69) is 26.6 Å². The Bertz CT molecular complexity index is 788. The van der Waals surface area contributed by atoms with E-state index in [9.17, 15) is 9.59 Å². The number of hydrogen-bond donors (Lipinski definition) is 2. The quantitative estimate of drug-likeness (QED) is 0.836. The number of amides is 1. The molecule has 0 fully saturated rings. The van der Waals surface area contributed by atoms with Crippen LogP contribution in [0.15, 0.2) is 46.9 Å². The lowest BCUT2D eigenvalue weighted by Crippen LogP contribution is -2.34. The number of nitrogens with one attached hydrogen (secondary N) is 2. The van der Waals surface area contributed by atoms with E-state index in [1.807, 2.05) is 36.4 Å². The van der Waals surface area contributed by atoms with E-state index < -0.39 is 12.0 Å². The number of ketones is 1. The van der Waals surface area contributed by atoms with Crippen molar-refractivity contribution in [1.82, 2.24) is 0 Å². The number of Topliss-reactive ketones (excluding diaryl/α,β-unsaturated/α-hetero) is 1. The number of halogens is 1. The van der Waals surface area contributed by atoms with Crippen LogP contribution < -0.4 is 10.6 Å². The zero-order valence-corrected chi connectivity index (χ0v) is 12.5. The third-order valence-corrected chi connectivity index (χ3v) is 4.50. The first-order chi connectivity index (χ1) is 10.1. The van der Waals surface area contributed by atoms with Crippen LogP contribution in [0.25, 0.3) is 0 Å². The molecule has 5 heteroatoms. The molecule has 2 aromatic carbocycles. The van der Waals surface area contributed by atoms with E-state index in [1.54, 1.807) is 6.07 Å². The fourth-order valence-corrected chi connectivity index (χ4v) is 3.43. The number of anilines is 2. The molecule has 0 aliphatic carbocycles. The van der Waals surface area contributed by atoms with Crippen LogP contribution in [0.3, 0.4) is 0 Å². The van der Waals surface area contributed by atoms with Gasteiger partial charge in [0.2, 0.25) is 5.91 Å². The molecule has 0 radical (unpaired) electrons. The summed E-state index contributed by atoms with van der Waals surface area (Å²) >= 11 is 3.42. The van der Waals surface area contributed by atoms with Gasteiger partial charge >= 0.3 is 0 Å². The maximum atomic E-state index is 12.6. The highest BCUT2D eigenvalue weighted by Gasteiger charge is 2.44. The lowest BCUT2D eigenvalue weighted by Gasteiger charge is -2.16. The van der Waals surface area contributed by atoms with Gasteiger partial charge in [0.15, 0.2) is 5.78 Å². The van der Waals surface area contributed by atoms with Crippen molar-refractivity contribution in [3.05, 3.63) is 58.1 Å². The molecule has 21 heavy (non-hydrogen) atoms. The van der Waals surface area contributed by atoms with E-state index >= 15 is 0 Å². The summed E-state index contributed by atoms with van der Waals surface area (Å²) in [6.07, 6.45) is 0. The molecule has 2 aliphatic heterocycles. The molecule has 0 saturated heterocycles. The third kappa shape index (κ3) is 1.81. The van der Waals surface area contributed by atoms with Crippen molar-refractivity contribution in [3.8, 4) is 0 Å². The van der Waals surface area contributed by atoms with Crippen molar-refractivity contribution in [3.63, 3.8) is 0 Å². The summed E-state index contributed by atoms with van der Waals surface area (Å²) in [6, 6.07) is 12.4. The predicted molar refractivity (Wildman–Crippen MR) is 83.7 cm³/mol. The smallest absolute Gasteiger partial charge is 0.234 e. The van der Waals surface area contributed by atoms with E-state index in [-0.39, 0.29) is 11.7 Å². The van der Waals surface area contributed by atoms with Gasteiger partial charge in [-0.25, -0.2) is 0 Å². The van der Waals surface area contributed by atoms with Crippen LogP contribution >= 0.6 is 15.9 Å². The van der Waals surface area contributed by atoms with Crippen molar-refractivity contribution in [2.24, 2.45) is 0 Å². The molecule has 1 amide bonds. The van der Waals surface area contributed by atoms with Crippen LogP contribution in [-0.4, -0.2) is 17.7 Å². The molecule has 2 heterocycles. The van der Waals surface area contributed by atoms with Gasteiger partial charge in [-0.05, 0) is 35.9 Å². The SMILES string of the molecule is O=C1c2ccccc2NC1C1C(=O)Nc2ccc(Br)cc21. The fourth-order valence-electron chi connectivity index (χ4n) is 3.05. The summed E-state index contributed by atoms with van der Waals surface area (Å²) in [5.41, 5.74) is 3.08. The number of para-hydroxylation sites is 1. The third-order valence-electron chi connectivity index (χ3n) is 4.01. The second kappa shape index (κ2) is 4.43. The van der Waals surface area contributed by atoms with E-state index in [0.29, 0.717) is 5.56 Å². The Labute approximate surface area is 129 Å². The van der Waals surface area contributed by atoms with Gasteiger partial charge in [0, 0.05) is 21.4 Å². The first-order valence-electron chi connectivity index (χ1n) is 6.65. The summed E-state index contributed by atoms with van der Waals surface area (Å²) in [5, 5.41) is 6.04. The Morgan fingerprint density at radius 1 is 1.00 bits per heavy atom. The molecule has 2 N–H and O–H groups in total. The molecule has 2 atom stereocenters. The largest absolute Gasteiger partial charge is 0.373 e. The van der Waals surface area contributed by atoms with E-state index in [4.69, 9.17) is 0 Å². The topological polar surface area (TPSA) is 58.2 Å². The van der Waals surface area contributed by atoms with Crippen LogP contribution in [0.4, 0.5) is 11.4 Å². The van der Waals surface area contributed by atoms with E-state index in [1.165, 1.54) is 0 Å². The van der Waals surface area contributed by atoms with Gasteiger partial charge in [-0.2, -0.15) is 0 Å². The van der Waals surface area contributed by atoms with Crippen molar-refractivity contribution in [2.45, 2.75) is 12.0 Å². The van der Waals surface area contributed by atoms with Gasteiger partial charge in [-0.1, -0.05) is 28.1 Å². The lowest BCUT2D eigenvalue weighted by atomic mass is 9.90. The number of benzene rings is 2. The Morgan fingerprint density at radius 2 is 1.81 bits per heavy atom. The average Bonchev–Trinajstić information content (AvgIpc) is 2.96. The molecule has 0 saturated carbocycles. The highest BCUT2D eigenvalue weighted by molar-refractivity contribution is 9.10. The second-order valence-corrected chi connectivity index (χ2v) is 6.15. The van der Waals surface area contributed by atoms with Gasteiger partial charge in [0.25, 0.3) is 0 Å². The Morgan fingerprint density at radius 3 is 2.62 bits per heavy atom. The highest BCUT2D eigenvalue weighted by Crippen LogP contribution is 2.41. The van der Waals surface area contributed by atoms with Crippen molar-refractivity contribution in [1.29, 1.82) is 0 Å². The molecule has 2 aromatic rings. The lowest BCUT2D eigenvalue weighted by molar-refractivity contribution is -0.117. The maximum Gasteiger partial charge on any atom is 0.234 e. The number of carbonyl (C=O) groups is 2. The monoisotopic (exact) mass is 342 g/mol. The van der Waals surface area contributed by atoms with E-state index in [0.717, 1.165) is 21.4 Å². The minimum Gasteiger partial charge on any atom is -0.373 e. The van der Waals surface area contributed by atoms with Gasteiger partial charge in [-0.15, -0.1) is 0 Å². The van der Waals surface area contributed by atoms with Crippen LogP contribution in [-0.2, 0) is 4.79 Å². The zero-order chi connectivity index (χ0) is 14.6. The van der Waals surface area contributed by atoms with Crippen LogP contribution in [0, 0.1) is 0 Å². The van der Waals surface area contributed by atoms with Gasteiger partial charge < -0.3 is 10.6 Å². The number of hydrogen-bond acceptors (Lipinski definition) is 3. The summed E-state index contributed by atoms with van der Waals surface area (Å²) in [6.45, 7) is 0. The number of rotatable bonds is 1. The first kappa shape index (κ1) is 12.6. The Balaban J connectivity index is 1.78. The van der Waals surface area contributed by atoms with Gasteiger partial charge in [0.1, 0.15) is 6.04 Å². The minimum atomic E-state index is -0.544. The standard InChI is InChI=1S/C16H11BrN2O2/c17-8-5-6-12-10(7-8)13(16(21)19-12)14-15(20)9-3-1-2-4-11(9)18-14/h1-7,13-14,18H,(H,19,21). The summed E-state index contributed by atoms with van der Waals surface area (Å²) in [4.78, 5) is 24.9. The van der Waals surface area contributed by atoms with Gasteiger partial charge in [0.05, 0.1) is 5.92 Å². The molecule has 4 nitrogen and oxygen atoms in total. The number of fused-ring (bicyclic) bond motifs is 2. The Kier molecular flexibility index (Phi) is 2.65. The Hall–Kier alpha value is -2.14. The number of carbonyl (C=O) groups excluding carboxylic acids is 2. The molecule has 104 valence electrons. The molecule has 0 bridgehead atoms. The molecule has 0 aromatic heterocycles. The van der Waals surface area contributed by atoms with Crippen LogP contribution in [0.1, 0.15) is 21.8 Å². The fraction of sp³-hybridized carbons (Fsp3) is 0.125. The van der Waals surface area contributed by atoms with Crippen molar-refractivity contribution in [2.75, 3.05) is 10.6 Å². The van der Waals surface area contributed by atoms with Crippen molar-refractivity contribution >= 4 is 39.0 Å². The molecule has 2 aliphatic rings. The molecule has 2 unspecified atom stereocenters. The van der Waals surface area contributed by atoms with Crippen molar-refractivity contribution < 1.29 is 9.59 Å². The average molecular weight is 343 g/mol. The van der Waals surface area contributed by atoms with Crippen LogP contribution in [0.2, 0.25) is 0 Å². The normalized spacial score (nSPS) is 22.5. The zero-order valence-electron chi connectivity index (χ0n) is 10.9. The van der Waals surface area contributed by atoms with Crippen LogP contribution in [0.5, 0.6) is 0 Å². The molecule has 0 spiro atoms. The summed E-state index contributed by atoms with van der Waals surface area (Å²) in [7, 11) is 0. The minimum absolute atomic E-state index is 0.0291. The highest BCUT2D eigenvalue weighted by atomic mass is 79.9. The first-order valence-corrected chi connectivity index (χ1v) is 7.44.